The molecule has 0 bridgehead atoms. The molecule has 1 N–H and O–H groups in total. The van der Waals surface area contributed by atoms with Crippen molar-refractivity contribution in [2.24, 2.45) is 0 Å². The second-order valence-corrected chi connectivity index (χ2v) is 7.29. The van der Waals surface area contributed by atoms with Crippen LogP contribution >= 0.6 is 11.8 Å². The Morgan fingerprint density at radius 3 is 2.48 bits per heavy atom. The third kappa shape index (κ3) is 3.26. The number of amides is 1. The van der Waals surface area contributed by atoms with Gasteiger partial charge in [-0.25, -0.2) is 0 Å². The molecule has 0 saturated heterocycles. The fourth-order valence-electron chi connectivity index (χ4n) is 2.80. The van der Waals surface area contributed by atoms with E-state index >= 15 is 0 Å². The lowest BCUT2D eigenvalue weighted by atomic mass is 10.1. The number of carbonyl (C=O) groups is 1. The van der Waals surface area contributed by atoms with Crippen molar-refractivity contribution in [2.75, 3.05) is 5.32 Å². The monoisotopic (exact) mass is 347 g/mol. The van der Waals surface area contributed by atoms with Crippen LogP contribution in [0.1, 0.15) is 6.92 Å². The number of anilines is 1. The highest BCUT2D eigenvalue weighted by Crippen LogP contribution is 2.31. The summed E-state index contributed by atoms with van der Waals surface area (Å²) in [5.74, 6) is -0.0238. The van der Waals surface area contributed by atoms with Gasteiger partial charge in [-0.15, -0.1) is 11.8 Å². The first kappa shape index (κ1) is 15.8. The predicted molar refractivity (Wildman–Crippen MR) is 104 cm³/mol. The van der Waals surface area contributed by atoms with Gasteiger partial charge in [-0.3, -0.25) is 4.79 Å². The van der Waals surface area contributed by atoms with Gasteiger partial charge in [0.15, 0.2) is 0 Å². The molecule has 1 heterocycles. The molecule has 1 atom stereocenters. The average molecular weight is 347 g/mol. The van der Waals surface area contributed by atoms with E-state index in [2.05, 4.69) is 5.32 Å². The van der Waals surface area contributed by atoms with Crippen molar-refractivity contribution < 1.29 is 9.21 Å². The summed E-state index contributed by atoms with van der Waals surface area (Å²) in [7, 11) is 0. The summed E-state index contributed by atoms with van der Waals surface area (Å²) < 4.78 is 5.87. The van der Waals surface area contributed by atoms with Gasteiger partial charge in [0.05, 0.1) is 5.25 Å². The van der Waals surface area contributed by atoms with Crippen LogP contribution in [0.2, 0.25) is 0 Å². The number of fused-ring (bicyclic) bond motifs is 3. The van der Waals surface area contributed by atoms with E-state index in [0.717, 1.165) is 32.5 Å². The Balaban J connectivity index is 1.53. The zero-order valence-electron chi connectivity index (χ0n) is 13.7. The van der Waals surface area contributed by atoms with Gasteiger partial charge in [0.25, 0.3) is 0 Å². The van der Waals surface area contributed by atoms with Crippen LogP contribution in [0.3, 0.4) is 0 Å². The van der Waals surface area contributed by atoms with Gasteiger partial charge >= 0.3 is 0 Å². The third-order valence-corrected chi connectivity index (χ3v) is 5.18. The molecule has 4 rings (SSSR count). The average Bonchev–Trinajstić information content (AvgIpc) is 3.00. The quantitative estimate of drug-likeness (QED) is 0.481. The Bertz CT molecular complexity index is 1040. The van der Waals surface area contributed by atoms with Crippen LogP contribution in [-0.2, 0) is 4.79 Å². The number of furan rings is 1. The molecule has 3 aromatic carbocycles. The zero-order chi connectivity index (χ0) is 17.2. The summed E-state index contributed by atoms with van der Waals surface area (Å²) in [5.41, 5.74) is 2.38. The summed E-state index contributed by atoms with van der Waals surface area (Å²) in [6, 6.07) is 23.7. The highest BCUT2D eigenvalue weighted by molar-refractivity contribution is 8.00. The number of nitrogens with one attached hydrogen (secondary N) is 1. The van der Waals surface area contributed by atoms with Gasteiger partial charge in [0.1, 0.15) is 11.2 Å². The highest BCUT2D eigenvalue weighted by atomic mass is 32.2. The smallest absolute Gasteiger partial charge is 0.237 e. The van der Waals surface area contributed by atoms with E-state index in [9.17, 15) is 4.79 Å². The van der Waals surface area contributed by atoms with Crippen LogP contribution in [0, 0.1) is 0 Å². The molecule has 25 heavy (non-hydrogen) atoms. The van der Waals surface area contributed by atoms with E-state index in [-0.39, 0.29) is 11.2 Å². The molecule has 0 aliphatic carbocycles. The number of hydrogen-bond acceptors (Lipinski definition) is 3. The van der Waals surface area contributed by atoms with Crippen LogP contribution in [0.15, 0.2) is 82.1 Å². The lowest BCUT2D eigenvalue weighted by Crippen LogP contribution is -2.22. The molecular weight excluding hydrogens is 330 g/mol. The van der Waals surface area contributed by atoms with Crippen molar-refractivity contribution in [3.8, 4) is 0 Å². The molecule has 4 aromatic rings. The van der Waals surface area contributed by atoms with Crippen molar-refractivity contribution in [1.82, 2.24) is 0 Å². The van der Waals surface area contributed by atoms with E-state index in [0.29, 0.717) is 0 Å². The summed E-state index contributed by atoms with van der Waals surface area (Å²) in [5, 5.41) is 4.93. The van der Waals surface area contributed by atoms with Gasteiger partial charge in [-0.1, -0.05) is 36.4 Å². The maximum atomic E-state index is 12.5. The molecule has 3 nitrogen and oxygen atoms in total. The Morgan fingerprint density at radius 1 is 0.920 bits per heavy atom. The van der Waals surface area contributed by atoms with E-state index in [1.807, 2.05) is 79.7 Å². The summed E-state index contributed by atoms with van der Waals surface area (Å²) in [6.45, 7) is 1.91. The Labute approximate surface area is 150 Å². The number of hydrogen-bond donors (Lipinski definition) is 1. The molecule has 124 valence electrons. The van der Waals surface area contributed by atoms with Crippen LogP contribution < -0.4 is 5.32 Å². The highest BCUT2D eigenvalue weighted by Gasteiger charge is 2.15. The fourth-order valence-corrected chi connectivity index (χ4v) is 3.69. The topological polar surface area (TPSA) is 42.2 Å². The maximum absolute atomic E-state index is 12.5. The van der Waals surface area contributed by atoms with Crippen LogP contribution in [0.5, 0.6) is 0 Å². The minimum Gasteiger partial charge on any atom is -0.456 e. The van der Waals surface area contributed by atoms with E-state index < -0.39 is 0 Å². The Morgan fingerprint density at radius 2 is 1.64 bits per heavy atom. The lowest BCUT2D eigenvalue weighted by Gasteiger charge is -2.12. The number of carbonyl (C=O) groups excluding carboxylic acids is 1. The van der Waals surface area contributed by atoms with Gasteiger partial charge in [0, 0.05) is 27.4 Å². The molecule has 0 spiro atoms. The van der Waals surface area contributed by atoms with Crippen molar-refractivity contribution >= 4 is 45.3 Å². The normalized spacial score (nSPS) is 12.4. The summed E-state index contributed by atoms with van der Waals surface area (Å²) in [6.07, 6.45) is 0. The van der Waals surface area contributed by atoms with E-state index in [1.54, 1.807) is 11.8 Å². The zero-order valence-corrected chi connectivity index (χ0v) is 14.5. The molecule has 1 unspecified atom stereocenters. The number of rotatable bonds is 4. The van der Waals surface area contributed by atoms with Crippen LogP contribution in [0.25, 0.3) is 21.9 Å². The first-order chi connectivity index (χ1) is 12.2. The van der Waals surface area contributed by atoms with Gasteiger partial charge < -0.3 is 9.73 Å². The first-order valence-corrected chi connectivity index (χ1v) is 9.02. The third-order valence-electron chi connectivity index (χ3n) is 4.07. The molecule has 4 heteroatoms. The van der Waals surface area contributed by atoms with Crippen LogP contribution in [-0.4, -0.2) is 11.2 Å². The second kappa shape index (κ2) is 6.65. The molecular formula is C21H17NO2S. The molecule has 0 aliphatic heterocycles. The Kier molecular flexibility index (Phi) is 4.20. The van der Waals surface area contributed by atoms with Crippen molar-refractivity contribution in [3.05, 3.63) is 72.8 Å². The molecule has 0 saturated carbocycles. The van der Waals surface area contributed by atoms with Gasteiger partial charge in [-0.2, -0.15) is 0 Å². The minimum absolute atomic E-state index is 0.0238. The number of para-hydroxylation sites is 1. The molecule has 0 fully saturated rings. The number of benzene rings is 3. The fraction of sp³-hybridized carbons (Fsp3) is 0.0952. The predicted octanol–water partition coefficient (Wildman–Crippen LogP) is 5.71. The maximum Gasteiger partial charge on any atom is 0.237 e. The molecule has 1 amide bonds. The van der Waals surface area contributed by atoms with Crippen molar-refractivity contribution in [1.29, 1.82) is 0 Å². The second-order valence-electron chi connectivity index (χ2n) is 5.87. The molecule has 1 aromatic heterocycles. The van der Waals surface area contributed by atoms with Crippen LogP contribution in [0.4, 0.5) is 5.69 Å². The summed E-state index contributed by atoms with van der Waals surface area (Å²) in [4.78, 5) is 13.5. The van der Waals surface area contributed by atoms with Gasteiger partial charge in [0.2, 0.25) is 5.91 Å². The largest absolute Gasteiger partial charge is 0.456 e. The van der Waals surface area contributed by atoms with Crippen molar-refractivity contribution in [3.63, 3.8) is 0 Å². The molecule has 0 aliphatic rings. The molecule has 0 radical (unpaired) electrons. The Hall–Kier alpha value is -2.72. The standard InChI is InChI=1S/C21H17NO2S/c1-14(25-16-7-3-2-4-8-16)21(23)22-15-11-12-18-17-9-5-6-10-19(17)24-20(18)13-15/h2-14H,1H3,(H,22,23). The lowest BCUT2D eigenvalue weighted by molar-refractivity contribution is -0.115. The van der Waals surface area contributed by atoms with E-state index in [4.69, 9.17) is 4.42 Å². The number of thioether (sulfide) groups is 1. The van der Waals surface area contributed by atoms with Gasteiger partial charge in [-0.05, 0) is 37.3 Å². The minimum atomic E-state index is -0.186. The van der Waals surface area contributed by atoms with E-state index in [1.165, 1.54) is 0 Å². The SMILES string of the molecule is CC(Sc1ccccc1)C(=O)Nc1ccc2c(c1)oc1ccccc12. The van der Waals surface area contributed by atoms with Crippen molar-refractivity contribution in [2.45, 2.75) is 17.1 Å². The first-order valence-electron chi connectivity index (χ1n) is 8.14. The summed E-state index contributed by atoms with van der Waals surface area (Å²) >= 11 is 1.54.